The zero-order chi connectivity index (χ0) is 41.9. The predicted molar refractivity (Wildman–Crippen MR) is 271 cm³/mol. The first-order valence-electron chi connectivity index (χ1n) is 21.8. The molecule has 0 saturated heterocycles. The predicted octanol–water partition coefficient (Wildman–Crippen LogP) is 16.1. The third-order valence-corrected chi connectivity index (χ3v) is 14.4. The molecule has 0 radical (unpaired) electrons. The second-order valence-electron chi connectivity index (χ2n) is 16.8. The number of fused-ring (bicyclic) bond motifs is 12. The molecule has 0 aliphatic carbocycles. The van der Waals surface area contributed by atoms with Gasteiger partial charge in [-0.05, 0) is 102 Å². The van der Waals surface area contributed by atoms with Crippen molar-refractivity contribution in [3.05, 3.63) is 218 Å². The van der Waals surface area contributed by atoms with Crippen LogP contribution in [0.3, 0.4) is 0 Å². The zero-order valence-corrected chi connectivity index (χ0v) is 35.3. The zero-order valence-electron chi connectivity index (χ0n) is 34.5. The van der Waals surface area contributed by atoms with Crippen LogP contribution in [0.1, 0.15) is 0 Å². The largest absolute Gasteiger partial charge is 0.309 e. The summed E-state index contributed by atoms with van der Waals surface area (Å²) in [5.74, 6) is 0.896. The van der Waals surface area contributed by atoms with E-state index in [0.717, 1.165) is 45.0 Å². The van der Waals surface area contributed by atoms with E-state index >= 15 is 0 Å². The standard InChI is InChI=1S/C59H36N4S/c1-2-15-40(16-3-1)61-51-23-8-4-18-42(51)47-33-38(29-31-54(47)61)37-14-12-17-41(32-37)62-52-24-9-5-19-43(52)48-35-49-44-20-6-10-25-53(44)63(56(49)36-55(48)62)59-27-13-22-50(60-59)39-28-30-46-45-21-7-11-26-57(45)64-58(46)34-39/h1-36H. The van der Waals surface area contributed by atoms with E-state index in [9.17, 15) is 0 Å². The van der Waals surface area contributed by atoms with Gasteiger partial charge < -0.3 is 9.13 Å². The molecule has 298 valence electrons. The molecule has 5 aromatic heterocycles. The number of pyridine rings is 1. The fourth-order valence-corrected chi connectivity index (χ4v) is 11.5. The monoisotopic (exact) mass is 832 g/mol. The number of nitrogens with zero attached hydrogens (tertiary/aromatic N) is 4. The fourth-order valence-electron chi connectivity index (χ4n) is 10.4. The van der Waals surface area contributed by atoms with E-state index in [1.165, 1.54) is 80.2 Å². The van der Waals surface area contributed by atoms with E-state index in [1.807, 2.05) is 11.3 Å². The Bertz CT molecular complexity index is 4200. The summed E-state index contributed by atoms with van der Waals surface area (Å²) >= 11 is 1.84. The van der Waals surface area contributed by atoms with Crippen molar-refractivity contribution >= 4 is 96.9 Å². The van der Waals surface area contributed by atoms with Crippen LogP contribution in [0.4, 0.5) is 0 Å². The molecular formula is C59H36N4S. The van der Waals surface area contributed by atoms with Crippen molar-refractivity contribution in [2.75, 3.05) is 0 Å². The van der Waals surface area contributed by atoms with Crippen LogP contribution in [0.2, 0.25) is 0 Å². The Kier molecular flexibility index (Phi) is 7.53. The van der Waals surface area contributed by atoms with Crippen molar-refractivity contribution in [1.29, 1.82) is 0 Å². The highest BCUT2D eigenvalue weighted by atomic mass is 32.1. The molecule has 14 aromatic rings. The molecule has 9 aromatic carbocycles. The Balaban J connectivity index is 0.947. The first kappa shape index (κ1) is 35.4. The molecular weight excluding hydrogens is 797 g/mol. The van der Waals surface area contributed by atoms with Crippen molar-refractivity contribution in [2.45, 2.75) is 0 Å². The highest BCUT2D eigenvalue weighted by molar-refractivity contribution is 7.25. The van der Waals surface area contributed by atoms with Gasteiger partial charge in [-0.1, -0.05) is 127 Å². The molecule has 5 heteroatoms. The molecule has 0 spiro atoms. The van der Waals surface area contributed by atoms with Gasteiger partial charge in [-0.2, -0.15) is 0 Å². The molecule has 0 fully saturated rings. The lowest BCUT2D eigenvalue weighted by Crippen LogP contribution is -1.99. The Morgan fingerprint density at radius 2 is 0.828 bits per heavy atom. The van der Waals surface area contributed by atoms with Crippen molar-refractivity contribution < 1.29 is 0 Å². The van der Waals surface area contributed by atoms with Gasteiger partial charge >= 0.3 is 0 Å². The van der Waals surface area contributed by atoms with E-state index in [0.29, 0.717) is 0 Å². The Labute approximate surface area is 371 Å². The van der Waals surface area contributed by atoms with Gasteiger partial charge in [0.25, 0.3) is 0 Å². The van der Waals surface area contributed by atoms with E-state index in [1.54, 1.807) is 0 Å². The third kappa shape index (κ3) is 5.19. The van der Waals surface area contributed by atoms with Crippen molar-refractivity contribution in [3.8, 4) is 39.6 Å². The Hall–Kier alpha value is -8.25. The van der Waals surface area contributed by atoms with Crippen LogP contribution in [-0.4, -0.2) is 18.7 Å². The number of hydrogen-bond acceptors (Lipinski definition) is 2. The number of rotatable bonds is 5. The summed E-state index contributed by atoms with van der Waals surface area (Å²) < 4.78 is 9.76. The Morgan fingerprint density at radius 1 is 0.281 bits per heavy atom. The molecule has 0 aliphatic rings. The molecule has 0 atom stereocenters. The minimum atomic E-state index is 0.896. The summed E-state index contributed by atoms with van der Waals surface area (Å²) in [5.41, 5.74) is 13.7. The van der Waals surface area contributed by atoms with Crippen molar-refractivity contribution in [1.82, 2.24) is 18.7 Å². The first-order chi connectivity index (χ1) is 31.7. The molecule has 14 rings (SSSR count). The first-order valence-corrected chi connectivity index (χ1v) is 22.6. The van der Waals surface area contributed by atoms with Crippen LogP contribution in [0.15, 0.2) is 218 Å². The normalized spacial score (nSPS) is 12.1. The number of hydrogen-bond donors (Lipinski definition) is 0. The fraction of sp³-hybridized carbons (Fsp3) is 0. The summed E-state index contributed by atoms with van der Waals surface area (Å²) in [6.07, 6.45) is 0. The molecule has 0 amide bonds. The lowest BCUT2D eigenvalue weighted by Gasteiger charge is -2.12. The molecule has 5 heterocycles. The van der Waals surface area contributed by atoms with Crippen molar-refractivity contribution in [2.24, 2.45) is 0 Å². The summed E-state index contributed by atoms with van der Waals surface area (Å²) in [5, 5.41) is 9.97. The van der Waals surface area contributed by atoms with E-state index in [2.05, 4.69) is 232 Å². The summed E-state index contributed by atoms with van der Waals surface area (Å²) in [6.45, 7) is 0. The van der Waals surface area contributed by atoms with Crippen LogP contribution < -0.4 is 0 Å². The summed E-state index contributed by atoms with van der Waals surface area (Å²) in [6, 6.07) is 79.6. The summed E-state index contributed by atoms with van der Waals surface area (Å²) in [7, 11) is 0. The van der Waals surface area contributed by atoms with Gasteiger partial charge in [-0.15, -0.1) is 11.3 Å². The van der Waals surface area contributed by atoms with Crippen LogP contribution in [0, 0.1) is 0 Å². The second-order valence-corrected chi connectivity index (χ2v) is 17.8. The van der Waals surface area contributed by atoms with Crippen molar-refractivity contribution in [3.63, 3.8) is 0 Å². The number of benzene rings is 9. The Morgan fingerprint density at radius 3 is 1.59 bits per heavy atom. The topological polar surface area (TPSA) is 27.7 Å². The molecule has 0 N–H and O–H groups in total. The maximum absolute atomic E-state index is 5.41. The summed E-state index contributed by atoms with van der Waals surface area (Å²) in [4.78, 5) is 5.41. The van der Waals surface area contributed by atoms with Gasteiger partial charge in [0.1, 0.15) is 5.82 Å². The molecule has 0 bridgehead atoms. The maximum Gasteiger partial charge on any atom is 0.138 e. The molecule has 64 heavy (non-hydrogen) atoms. The van der Waals surface area contributed by atoms with Crippen LogP contribution in [0.5, 0.6) is 0 Å². The van der Waals surface area contributed by atoms with Gasteiger partial charge in [-0.25, -0.2) is 4.98 Å². The van der Waals surface area contributed by atoms with Crippen LogP contribution >= 0.6 is 11.3 Å². The van der Waals surface area contributed by atoms with Gasteiger partial charge in [0.15, 0.2) is 0 Å². The molecule has 4 nitrogen and oxygen atoms in total. The number of aromatic nitrogens is 4. The maximum atomic E-state index is 5.41. The average Bonchev–Trinajstić information content (AvgIpc) is 4.09. The van der Waals surface area contributed by atoms with E-state index in [4.69, 9.17) is 4.98 Å². The average molecular weight is 833 g/mol. The smallest absolute Gasteiger partial charge is 0.138 e. The number of thiophene rings is 1. The molecule has 0 aliphatic heterocycles. The van der Waals surface area contributed by atoms with Gasteiger partial charge in [-0.3, -0.25) is 4.57 Å². The third-order valence-electron chi connectivity index (χ3n) is 13.2. The van der Waals surface area contributed by atoms with E-state index in [-0.39, 0.29) is 0 Å². The van der Waals surface area contributed by atoms with Crippen LogP contribution in [0.25, 0.3) is 125 Å². The lowest BCUT2D eigenvalue weighted by molar-refractivity contribution is 1.08. The minimum absolute atomic E-state index is 0.896. The second kappa shape index (κ2) is 13.6. The van der Waals surface area contributed by atoms with Gasteiger partial charge in [0.2, 0.25) is 0 Å². The SMILES string of the molecule is c1ccc(-n2c3ccccc3c3cc(-c4cccc(-n5c6ccccc6c6cc7c8ccccc8n(-c8cccc(-c9ccc%10c(c9)sc9ccccc9%10)n8)c7cc65)c4)ccc32)cc1. The highest BCUT2D eigenvalue weighted by Crippen LogP contribution is 2.42. The minimum Gasteiger partial charge on any atom is -0.309 e. The molecule has 0 saturated carbocycles. The van der Waals surface area contributed by atoms with E-state index < -0.39 is 0 Å². The van der Waals surface area contributed by atoms with Crippen LogP contribution in [-0.2, 0) is 0 Å². The number of para-hydroxylation sites is 4. The van der Waals surface area contributed by atoms with Gasteiger partial charge in [0, 0.05) is 69.4 Å². The molecule has 0 unspecified atom stereocenters. The highest BCUT2D eigenvalue weighted by Gasteiger charge is 2.20. The quantitative estimate of drug-likeness (QED) is 0.170. The van der Waals surface area contributed by atoms with Gasteiger partial charge in [0.05, 0.1) is 38.8 Å². The lowest BCUT2D eigenvalue weighted by atomic mass is 10.0.